The third-order valence-electron chi connectivity index (χ3n) is 4.23. The van der Waals surface area contributed by atoms with Crippen LogP contribution in [0, 0.1) is 17.0 Å². The summed E-state index contributed by atoms with van der Waals surface area (Å²) in [4.78, 5) is 19.9. The molecular formula is C21H15N3O2. The summed E-state index contributed by atoms with van der Waals surface area (Å²) in [6, 6.07) is 22.3. The third kappa shape index (κ3) is 2.91. The number of rotatable bonds is 3. The first-order valence-electron chi connectivity index (χ1n) is 8.20. The SMILES string of the molecule is Cc1ccc2nc(-c3ccc([N+](=O)[O-])cc3)nc(-c3ccccc3)c2c1. The van der Waals surface area contributed by atoms with E-state index in [1.807, 2.05) is 49.4 Å². The Hall–Kier alpha value is -3.60. The lowest BCUT2D eigenvalue weighted by Gasteiger charge is -2.10. The highest BCUT2D eigenvalue weighted by Gasteiger charge is 2.13. The fraction of sp³-hybridized carbons (Fsp3) is 0.0476. The summed E-state index contributed by atoms with van der Waals surface area (Å²) in [5, 5.41) is 11.9. The number of nitrogens with zero attached hydrogens (tertiary/aromatic N) is 3. The normalized spacial score (nSPS) is 10.8. The van der Waals surface area contributed by atoms with E-state index in [0.717, 1.165) is 33.3 Å². The van der Waals surface area contributed by atoms with Crippen LogP contribution in [0.5, 0.6) is 0 Å². The molecule has 0 aliphatic heterocycles. The first-order valence-corrected chi connectivity index (χ1v) is 8.20. The van der Waals surface area contributed by atoms with Crippen molar-refractivity contribution in [3.8, 4) is 22.6 Å². The van der Waals surface area contributed by atoms with Crippen LogP contribution >= 0.6 is 0 Å². The van der Waals surface area contributed by atoms with Crippen molar-refractivity contribution in [2.75, 3.05) is 0 Å². The zero-order valence-corrected chi connectivity index (χ0v) is 14.1. The summed E-state index contributed by atoms with van der Waals surface area (Å²) in [6.07, 6.45) is 0. The maximum absolute atomic E-state index is 10.9. The zero-order valence-electron chi connectivity index (χ0n) is 14.1. The van der Waals surface area contributed by atoms with E-state index in [1.165, 1.54) is 12.1 Å². The van der Waals surface area contributed by atoms with Gasteiger partial charge in [-0.2, -0.15) is 0 Å². The third-order valence-corrected chi connectivity index (χ3v) is 4.23. The molecule has 3 aromatic carbocycles. The van der Waals surface area contributed by atoms with Gasteiger partial charge in [0.25, 0.3) is 5.69 Å². The largest absolute Gasteiger partial charge is 0.269 e. The van der Waals surface area contributed by atoms with Gasteiger partial charge in [0.15, 0.2) is 5.82 Å². The molecule has 126 valence electrons. The van der Waals surface area contributed by atoms with Crippen molar-refractivity contribution in [3.63, 3.8) is 0 Å². The highest BCUT2D eigenvalue weighted by molar-refractivity contribution is 5.94. The van der Waals surface area contributed by atoms with Crippen LogP contribution in [0.3, 0.4) is 0 Å². The molecule has 0 atom stereocenters. The van der Waals surface area contributed by atoms with Gasteiger partial charge in [0.1, 0.15) is 0 Å². The van der Waals surface area contributed by atoms with Gasteiger partial charge < -0.3 is 0 Å². The van der Waals surface area contributed by atoms with Crippen molar-refractivity contribution in [1.29, 1.82) is 0 Å². The van der Waals surface area contributed by atoms with E-state index in [2.05, 4.69) is 11.1 Å². The number of aromatic nitrogens is 2. The second-order valence-electron chi connectivity index (χ2n) is 6.09. The number of nitro benzene ring substituents is 1. The molecule has 4 rings (SSSR count). The van der Waals surface area contributed by atoms with Gasteiger partial charge in [0.05, 0.1) is 16.1 Å². The van der Waals surface area contributed by atoms with Crippen molar-refractivity contribution in [2.45, 2.75) is 6.92 Å². The number of fused-ring (bicyclic) bond motifs is 1. The van der Waals surface area contributed by atoms with Crippen LogP contribution in [-0.2, 0) is 0 Å². The predicted octanol–water partition coefficient (Wildman–Crippen LogP) is 5.18. The summed E-state index contributed by atoms with van der Waals surface area (Å²) < 4.78 is 0. The Kier molecular flexibility index (Phi) is 3.89. The molecule has 0 bridgehead atoms. The quantitative estimate of drug-likeness (QED) is 0.380. The molecule has 0 saturated carbocycles. The van der Waals surface area contributed by atoms with E-state index < -0.39 is 4.92 Å². The Labute approximate surface area is 150 Å². The van der Waals surface area contributed by atoms with Gasteiger partial charge in [0, 0.05) is 28.6 Å². The molecule has 4 aromatic rings. The first kappa shape index (κ1) is 15.9. The maximum atomic E-state index is 10.9. The molecule has 0 aliphatic carbocycles. The molecule has 5 nitrogen and oxygen atoms in total. The zero-order chi connectivity index (χ0) is 18.1. The van der Waals surface area contributed by atoms with Crippen LogP contribution in [0.1, 0.15) is 5.56 Å². The van der Waals surface area contributed by atoms with Gasteiger partial charge in [-0.15, -0.1) is 0 Å². The van der Waals surface area contributed by atoms with Crippen LogP contribution in [0.4, 0.5) is 5.69 Å². The molecule has 1 aromatic heterocycles. The monoisotopic (exact) mass is 341 g/mol. The predicted molar refractivity (Wildman–Crippen MR) is 102 cm³/mol. The Morgan fingerprint density at radius 1 is 0.846 bits per heavy atom. The lowest BCUT2D eigenvalue weighted by molar-refractivity contribution is -0.384. The number of nitro groups is 1. The molecule has 0 N–H and O–H groups in total. The number of aryl methyl sites for hydroxylation is 1. The maximum Gasteiger partial charge on any atom is 0.269 e. The number of hydrogen-bond donors (Lipinski definition) is 0. The molecule has 0 fully saturated rings. The van der Waals surface area contributed by atoms with Crippen LogP contribution in [0.25, 0.3) is 33.5 Å². The minimum Gasteiger partial charge on any atom is -0.258 e. The second-order valence-corrected chi connectivity index (χ2v) is 6.09. The van der Waals surface area contributed by atoms with Crippen molar-refractivity contribution >= 4 is 16.6 Å². The average molecular weight is 341 g/mol. The van der Waals surface area contributed by atoms with E-state index >= 15 is 0 Å². The molecule has 0 spiro atoms. The Morgan fingerprint density at radius 2 is 1.58 bits per heavy atom. The van der Waals surface area contributed by atoms with Crippen molar-refractivity contribution in [3.05, 3.63) is 88.5 Å². The Bertz CT molecular complexity index is 1110. The molecular weight excluding hydrogens is 326 g/mol. The number of benzene rings is 3. The minimum atomic E-state index is -0.413. The smallest absolute Gasteiger partial charge is 0.258 e. The standard InChI is InChI=1S/C21H15N3O2/c1-14-7-12-19-18(13-14)20(15-5-3-2-4-6-15)23-21(22-19)16-8-10-17(11-9-16)24(25)26/h2-13H,1H3. The summed E-state index contributed by atoms with van der Waals surface area (Å²) in [7, 11) is 0. The van der Waals surface area contributed by atoms with Gasteiger partial charge in [-0.25, -0.2) is 9.97 Å². The van der Waals surface area contributed by atoms with Crippen LogP contribution < -0.4 is 0 Å². The van der Waals surface area contributed by atoms with E-state index in [9.17, 15) is 10.1 Å². The van der Waals surface area contributed by atoms with Gasteiger partial charge in [-0.3, -0.25) is 10.1 Å². The highest BCUT2D eigenvalue weighted by Crippen LogP contribution is 2.30. The molecule has 0 amide bonds. The van der Waals surface area contributed by atoms with Gasteiger partial charge >= 0.3 is 0 Å². The summed E-state index contributed by atoms with van der Waals surface area (Å²) in [5.74, 6) is 0.551. The van der Waals surface area contributed by atoms with Crippen molar-refractivity contribution in [2.24, 2.45) is 0 Å². The fourth-order valence-electron chi connectivity index (χ4n) is 2.92. The molecule has 0 radical (unpaired) electrons. The molecule has 5 heteroatoms. The van der Waals surface area contributed by atoms with E-state index in [-0.39, 0.29) is 5.69 Å². The summed E-state index contributed by atoms with van der Waals surface area (Å²) >= 11 is 0. The van der Waals surface area contributed by atoms with Gasteiger partial charge in [-0.05, 0) is 31.2 Å². The fourth-order valence-corrected chi connectivity index (χ4v) is 2.92. The lowest BCUT2D eigenvalue weighted by atomic mass is 10.0. The number of non-ortho nitro benzene ring substituents is 1. The first-order chi connectivity index (χ1) is 12.6. The highest BCUT2D eigenvalue weighted by atomic mass is 16.6. The van der Waals surface area contributed by atoms with Crippen LogP contribution in [0.2, 0.25) is 0 Å². The molecule has 0 aliphatic rings. The average Bonchev–Trinajstić information content (AvgIpc) is 2.68. The summed E-state index contributed by atoms with van der Waals surface area (Å²) in [5.41, 5.74) is 4.64. The molecule has 0 saturated heterocycles. The van der Waals surface area contributed by atoms with Gasteiger partial charge in [-0.1, -0.05) is 42.0 Å². The summed E-state index contributed by atoms with van der Waals surface area (Å²) in [6.45, 7) is 2.04. The van der Waals surface area contributed by atoms with E-state index in [4.69, 9.17) is 4.98 Å². The number of hydrogen-bond acceptors (Lipinski definition) is 4. The lowest BCUT2D eigenvalue weighted by Crippen LogP contribution is -1.96. The van der Waals surface area contributed by atoms with Crippen molar-refractivity contribution < 1.29 is 4.92 Å². The van der Waals surface area contributed by atoms with E-state index in [1.54, 1.807) is 12.1 Å². The molecule has 0 unspecified atom stereocenters. The molecule has 26 heavy (non-hydrogen) atoms. The second kappa shape index (κ2) is 6.37. The molecule has 1 heterocycles. The van der Waals surface area contributed by atoms with Crippen molar-refractivity contribution in [1.82, 2.24) is 9.97 Å². The topological polar surface area (TPSA) is 68.9 Å². The van der Waals surface area contributed by atoms with Gasteiger partial charge in [0.2, 0.25) is 0 Å². The minimum absolute atomic E-state index is 0.0495. The van der Waals surface area contributed by atoms with E-state index in [0.29, 0.717) is 5.82 Å². The van der Waals surface area contributed by atoms with Crippen LogP contribution in [-0.4, -0.2) is 14.9 Å². The Morgan fingerprint density at radius 3 is 2.27 bits per heavy atom. The van der Waals surface area contributed by atoms with Crippen LogP contribution in [0.15, 0.2) is 72.8 Å². The Balaban J connectivity index is 1.94.